The number of aliphatic hydroxyl groups excluding tert-OH is 2. The molecule has 0 aliphatic rings. The summed E-state index contributed by atoms with van der Waals surface area (Å²) in [5.41, 5.74) is 0.990. The molecule has 0 spiro atoms. The molecule has 0 bridgehead atoms. The van der Waals surface area contributed by atoms with Gasteiger partial charge in [-0.25, -0.2) is 0 Å². The fraction of sp³-hybridized carbons (Fsp3) is 0.444. The number of aromatic nitrogens is 1. The van der Waals surface area contributed by atoms with Crippen molar-refractivity contribution in [2.75, 3.05) is 5.33 Å². The van der Waals surface area contributed by atoms with E-state index in [0.29, 0.717) is 11.1 Å². The maximum absolute atomic E-state index is 10.9. The predicted molar refractivity (Wildman–Crippen MR) is 56.6 cm³/mol. The van der Waals surface area contributed by atoms with Crippen molar-refractivity contribution in [1.82, 2.24) is 4.98 Å². The minimum Gasteiger partial charge on any atom is -0.389 e. The third-order valence-electron chi connectivity index (χ3n) is 2.01. The average Bonchev–Trinajstić information content (AvgIpc) is 2.15. The van der Waals surface area contributed by atoms with Crippen LogP contribution in [0.15, 0.2) is 17.1 Å². The topological polar surface area (TPSA) is 73.3 Å². The van der Waals surface area contributed by atoms with Gasteiger partial charge >= 0.3 is 0 Å². The molecule has 2 atom stereocenters. The van der Waals surface area contributed by atoms with Crippen LogP contribution in [-0.4, -0.2) is 26.6 Å². The number of pyridine rings is 1. The Morgan fingerprint density at radius 2 is 2.21 bits per heavy atom. The third-order valence-corrected chi connectivity index (χ3v) is 2.68. The van der Waals surface area contributed by atoms with Crippen molar-refractivity contribution in [3.05, 3.63) is 33.7 Å². The number of halogens is 1. The van der Waals surface area contributed by atoms with Crippen molar-refractivity contribution in [2.45, 2.75) is 19.1 Å². The van der Waals surface area contributed by atoms with Crippen LogP contribution in [0.4, 0.5) is 0 Å². The Morgan fingerprint density at radius 3 is 2.71 bits per heavy atom. The molecule has 5 heteroatoms. The molecule has 0 radical (unpaired) electrons. The van der Waals surface area contributed by atoms with E-state index in [1.807, 2.05) is 0 Å². The third kappa shape index (κ3) is 2.43. The summed E-state index contributed by atoms with van der Waals surface area (Å²) in [5.74, 6) is 0. The number of aryl methyl sites for hydroxylation is 1. The monoisotopic (exact) mass is 261 g/mol. The van der Waals surface area contributed by atoms with Gasteiger partial charge in [-0.3, -0.25) is 4.79 Å². The van der Waals surface area contributed by atoms with Crippen LogP contribution < -0.4 is 5.56 Å². The summed E-state index contributed by atoms with van der Waals surface area (Å²) in [6.45, 7) is 1.72. The largest absolute Gasteiger partial charge is 0.389 e. The van der Waals surface area contributed by atoms with Crippen LogP contribution in [0.1, 0.15) is 17.2 Å². The first kappa shape index (κ1) is 11.4. The number of aromatic amines is 1. The first-order valence-electron chi connectivity index (χ1n) is 4.17. The standard InChI is InChI=1S/C9H12BrNO3/c1-5-2-8(13)11-4-6(5)9(14)7(12)3-10/h2,4,7,9,12,14H,3H2,1H3,(H,11,13). The highest BCUT2D eigenvalue weighted by molar-refractivity contribution is 9.09. The summed E-state index contributed by atoms with van der Waals surface area (Å²) in [5, 5.41) is 19.3. The van der Waals surface area contributed by atoms with Gasteiger partial charge in [0.15, 0.2) is 0 Å². The van der Waals surface area contributed by atoms with Gasteiger partial charge in [-0.15, -0.1) is 0 Å². The molecule has 78 valence electrons. The minimum absolute atomic E-state index is 0.216. The second-order valence-electron chi connectivity index (χ2n) is 3.10. The van der Waals surface area contributed by atoms with Gasteiger partial charge < -0.3 is 15.2 Å². The number of aliphatic hydroxyl groups is 2. The summed E-state index contributed by atoms with van der Waals surface area (Å²) in [7, 11) is 0. The van der Waals surface area contributed by atoms with Gasteiger partial charge in [-0.2, -0.15) is 0 Å². The quantitative estimate of drug-likeness (QED) is 0.693. The summed E-state index contributed by atoms with van der Waals surface area (Å²) < 4.78 is 0. The van der Waals surface area contributed by atoms with Crippen molar-refractivity contribution < 1.29 is 10.2 Å². The highest BCUT2D eigenvalue weighted by Gasteiger charge is 2.18. The van der Waals surface area contributed by atoms with E-state index in [2.05, 4.69) is 20.9 Å². The maximum Gasteiger partial charge on any atom is 0.248 e. The zero-order chi connectivity index (χ0) is 10.7. The lowest BCUT2D eigenvalue weighted by Gasteiger charge is -2.17. The second-order valence-corrected chi connectivity index (χ2v) is 3.75. The van der Waals surface area contributed by atoms with Crippen LogP contribution in [-0.2, 0) is 0 Å². The van der Waals surface area contributed by atoms with E-state index in [1.54, 1.807) is 6.92 Å². The Kier molecular flexibility index (Phi) is 3.86. The molecule has 0 fully saturated rings. The number of alkyl halides is 1. The average molecular weight is 262 g/mol. The molecular weight excluding hydrogens is 250 g/mol. The first-order valence-corrected chi connectivity index (χ1v) is 5.29. The fourth-order valence-corrected chi connectivity index (χ4v) is 1.55. The lowest BCUT2D eigenvalue weighted by molar-refractivity contribution is 0.0336. The maximum atomic E-state index is 10.9. The van der Waals surface area contributed by atoms with E-state index >= 15 is 0 Å². The Bertz CT molecular complexity index is 363. The van der Waals surface area contributed by atoms with E-state index in [-0.39, 0.29) is 10.9 Å². The molecule has 0 aliphatic heterocycles. The Labute approximate surface area is 89.7 Å². The van der Waals surface area contributed by atoms with Crippen LogP contribution in [0.5, 0.6) is 0 Å². The van der Waals surface area contributed by atoms with Crippen molar-refractivity contribution >= 4 is 15.9 Å². The van der Waals surface area contributed by atoms with Crippen molar-refractivity contribution in [2.24, 2.45) is 0 Å². The van der Waals surface area contributed by atoms with Gasteiger partial charge in [0, 0.05) is 23.2 Å². The molecule has 0 saturated heterocycles. The lowest BCUT2D eigenvalue weighted by Crippen LogP contribution is -2.21. The van der Waals surface area contributed by atoms with Crippen molar-refractivity contribution in [3.63, 3.8) is 0 Å². The predicted octanol–water partition coefficient (Wildman–Crippen LogP) is 0.473. The summed E-state index contributed by atoms with van der Waals surface area (Å²) in [6, 6.07) is 1.39. The van der Waals surface area contributed by atoms with Crippen molar-refractivity contribution in [1.29, 1.82) is 0 Å². The minimum atomic E-state index is -0.980. The van der Waals surface area contributed by atoms with E-state index in [4.69, 9.17) is 0 Å². The van der Waals surface area contributed by atoms with E-state index in [9.17, 15) is 15.0 Å². The normalized spacial score (nSPS) is 15.1. The van der Waals surface area contributed by atoms with Gasteiger partial charge in [-0.05, 0) is 12.5 Å². The molecule has 0 aliphatic carbocycles. The molecule has 1 heterocycles. The van der Waals surface area contributed by atoms with Gasteiger partial charge in [0.25, 0.3) is 0 Å². The highest BCUT2D eigenvalue weighted by Crippen LogP contribution is 2.19. The SMILES string of the molecule is Cc1cc(=O)[nH]cc1C(O)C(O)CBr. The smallest absolute Gasteiger partial charge is 0.248 e. The van der Waals surface area contributed by atoms with Gasteiger partial charge in [0.1, 0.15) is 6.10 Å². The second kappa shape index (κ2) is 4.72. The first-order chi connectivity index (χ1) is 6.56. The molecule has 2 unspecified atom stereocenters. The Hall–Kier alpha value is -0.650. The zero-order valence-corrected chi connectivity index (χ0v) is 9.28. The van der Waals surface area contributed by atoms with Crippen LogP contribution in [0.3, 0.4) is 0 Å². The van der Waals surface area contributed by atoms with Crippen LogP contribution in [0.2, 0.25) is 0 Å². The molecule has 4 nitrogen and oxygen atoms in total. The molecule has 0 saturated carbocycles. The number of H-pyrrole nitrogens is 1. The molecule has 14 heavy (non-hydrogen) atoms. The molecule has 1 aromatic heterocycles. The van der Waals surface area contributed by atoms with Crippen LogP contribution in [0.25, 0.3) is 0 Å². The summed E-state index contributed by atoms with van der Waals surface area (Å²) >= 11 is 3.07. The number of hydrogen-bond donors (Lipinski definition) is 3. The zero-order valence-electron chi connectivity index (χ0n) is 7.70. The van der Waals surface area contributed by atoms with Gasteiger partial charge in [0.05, 0.1) is 6.10 Å². The molecule has 0 amide bonds. The Balaban J connectivity index is 3.01. The van der Waals surface area contributed by atoms with Crippen molar-refractivity contribution in [3.8, 4) is 0 Å². The molecule has 1 aromatic rings. The number of rotatable bonds is 3. The van der Waals surface area contributed by atoms with Gasteiger partial charge in [0.2, 0.25) is 5.56 Å². The van der Waals surface area contributed by atoms with Crippen LogP contribution >= 0.6 is 15.9 Å². The van der Waals surface area contributed by atoms with Gasteiger partial charge in [-0.1, -0.05) is 15.9 Å². The molecular formula is C9H12BrNO3. The molecule has 0 aromatic carbocycles. The summed E-state index contributed by atoms with van der Waals surface area (Å²) in [4.78, 5) is 13.4. The summed E-state index contributed by atoms with van der Waals surface area (Å²) in [6.07, 6.45) is -0.431. The lowest BCUT2D eigenvalue weighted by atomic mass is 10.0. The van der Waals surface area contributed by atoms with Crippen LogP contribution in [0, 0.1) is 6.92 Å². The van der Waals surface area contributed by atoms with E-state index < -0.39 is 12.2 Å². The fourth-order valence-electron chi connectivity index (χ4n) is 1.19. The molecule has 3 N–H and O–H groups in total. The number of hydrogen-bond acceptors (Lipinski definition) is 3. The van der Waals surface area contributed by atoms with E-state index in [0.717, 1.165) is 0 Å². The highest BCUT2D eigenvalue weighted by atomic mass is 79.9. The molecule has 1 rings (SSSR count). The Morgan fingerprint density at radius 1 is 1.57 bits per heavy atom. The number of nitrogens with one attached hydrogen (secondary N) is 1. The van der Waals surface area contributed by atoms with E-state index in [1.165, 1.54) is 12.3 Å².